The predicted molar refractivity (Wildman–Crippen MR) is 109 cm³/mol. The number of anilines is 2. The number of cyclic esters (lactones) is 2. The van der Waals surface area contributed by atoms with Crippen molar-refractivity contribution in [2.24, 2.45) is 5.41 Å². The molecular formula is C23H23FN2O4. The Kier molecular flexibility index (Phi) is 4.07. The van der Waals surface area contributed by atoms with E-state index in [9.17, 15) is 14.0 Å². The van der Waals surface area contributed by atoms with Crippen LogP contribution in [0.2, 0.25) is 0 Å². The van der Waals surface area contributed by atoms with E-state index in [0.29, 0.717) is 19.6 Å². The van der Waals surface area contributed by atoms with Crippen LogP contribution in [0.4, 0.5) is 15.8 Å². The molecule has 1 unspecified atom stereocenters. The van der Waals surface area contributed by atoms with E-state index in [1.54, 1.807) is 26.0 Å². The van der Waals surface area contributed by atoms with Crippen molar-refractivity contribution in [3.05, 3.63) is 59.9 Å². The fraction of sp³-hybridized carbons (Fsp3) is 0.391. The second kappa shape index (κ2) is 6.45. The number of piperazine rings is 1. The summed E-state index contributed by atoms with van der Waals surface area (Å²) in [6.45, 7) is 4.85. The van der Waals surface area contributed by atoms with Crippen molar-refractivity contribution in [2.75, 3.05) is 29.4 Å². The van der Waals surface area contributed by atoms with E-state index < -0.39 is 29.2 Å². The fourth-order valence-electron chi connectivity index (χ4n) is 4.89. The van der Waals surface area contributed by atoms with Gasteiger partial charge in [-0.15, -0.1) is 0 Å². The van der Waals surface area contributed by atoms with E-state index in [-0.39, 0.29) is 12.2 Å². The van der Waals surface area contributed by atoms with Gasteiger partial charge >= 0.3 is 11.9 Å². The lowest BCUT2D eigenvalue weighted by molar-refractivity contribution is -0.253. The molecule has 3 heterocycles. The van der Waals surface area contributed by atoms with Crippen LogP contribution in [0.5, 0.6) is 0 Å². The molecule has 6 nitrogen and oxygen atoms in total. The third-order valence-electron chi connectivity index (χ3n) is 6.32. The topological polar surface area (TPSA) is 59.1 Å². The number of benzene rings is 2. The normalized spacial score (nSPS) is 24.0. The minimum absolute atomic E-state index is 0.231. The molecule has 2 aromatic carbocycles. The summed E-state index contributed by atoms with van der Waals surface area (Å²) in [7, 11) is 0. The zero-order valence-electron chi connectivity index (χ0n) is 16.9. The van der Waals surface area contributed by atoms with Gasteiger partial charge in [-0.2, -0.15) is 0 Å². The van der Waals surface area contributed by atoms with Crippen molar-refractivity contribution in [2.45, 2.75) is 32.1 Å². The number of esters is 2. The van der Waals surface area contributed by atoms with E-state index in [0.717, 1.165) is 16.9 Å². The molecule has 30 heavy (non-hydrogen) atoms. The number of nitrogens with zero attached hydrogens (tertiary/aromatic N) is 2. The first-order valence-electron chi connectivity index (χ1n) is 10.1. The van der Waals surface area contributed by atoms with Crippen LogP contribution in [0, 0.1) is 11.2 Å². The maximum absolute atomic E-state index is 13.4. The predicted octanol–water partition coefficient (Wildman–Crippen LogP) is 2.90. The molecule has 0 aromatic heterocycles. The first-order valence-corrected chi connectivity index (χ1v) is 10.1. The van der Waals surface area contributed by atoms with Crippen molar-refractivity contribution < 1.29 is 23.5 Å². The van der Waals surface area contributed by atoms with Gasteiger partial charge in [0.15, 0.2) is 5.41 Å². The largest absolute Gasteiger partial charge is 0.422 e. The van der Waals surface area contributed by atoms with Gasteiger partial charge in [0.25, 0.3) is 5.79 Å². The van der Waals surface area contributed by atoms with Gasteiger partial charge in [0.2, 0.25) is 0 Å². The number of hydrogen-bond acceptors (Lipinski definition) is 6. The second-order valence-corrected chi connectivity index (χ2v) is 8.59. The first kappa shape index (κ1) is 18.9. The lowest BCUT2D eigenvalue weighted by Crippen LogP contribution is -2.71. The highest BCUT2D eigenvalue weighted by molar-refractivity contribution is 6.04. The number of para-hydroxylation sites is 1. The molecule has 1 atom stereocenters. The summed E-state index contributed by atoms with van der Waals surface area (Å²) >= 11 is 0. The number of carbonyl (C=O) groups is 2. The van der Waals surface area contributed by atoms with Gasteiger partial charge in [-0.05, 0) is 35.9 Å². The summed E-state index contributed by atoms with van der Waals surface area (Å²) in [6.07, 6.45) is 0.231. The summed E-state index contributed by atoms with van der Waals surface area (Å²) in [6, 6.07) is 13.6. The van der Waals surface area contributed by atoms with E-state index >= 15 is 0 Å². The van der Waals surface area contributed by atoms with Crippen molar-refractivity contribution >= 4 is 23.3 Å². The van der Waals surface area contributed by atoms with Crippen LogP contribution in [0.3, 0.4) is 0 Å². The van der Waals surface area contributed by atoms with Crippen molar-refractivity contribution in [1.29, 1.82) is 0 Å². The van der Waals surface area contributed by atoms with Gasteiger partial charge < -0.3 is 19.3 Å². The molecule has 2 fully saturated rings. The molecule has 0 N–H and O–H groups in total. The van der Waals surface area contributed by atoms with Crippen molar-refractivity contribution in [3.63, 3.8) is 0 Å². The molecule has 2 saturated heterocycles. The number of halogens is 1. The number of ether oxygens (including phenoxy) is 2. The molecular weight excluding hydrogens is 387 g/mol. The fourth-order valence-corrected chi connectivity index (χ4v) is 4.89. The van der Waals surface area contributed by atoms with E-state index in [2.05, 4.69) is 9.80 Å². The Morgan fingerprint density at radius 1 is 0.967 bits per heavy atom. The van der Waals surface area contributed by atoms with E-state index in [1.165, 1.54) is 12.1 Å². The lowest BCUT2D eigenvalue weighted by Gasteiger charge is -2.55. The maximum atomic E-state index is 13.4. The quantitative estimate of drug-likeness (QED) is 0.532. The SMILES string of the molecule is CC1(C)OC(=O)C2(Cc3ccccc3N3CCN(c4ccc(F)cc4)CC32)C(=O)O1. The number of carbonyl (C=O) groups excluding carboxylic acids is 2. The van der Waals surface area contributed by atoms with Gasteiger partial charge in [0, 0.05) is 51.3 Å². The van der Waals surface area contributed by atoms with Crippen LogP contribution in [0.1, 0.15) is 19.4 Å². The minimum Gasteiger partial charge on any atom is -0.422 e. The van der Waals surface area contributed by atoms with Gasteiger partial charge in [0.05, 0.1) is 6.04 Å². The third kappa shape index (κ3) is 2.75. The van der Waals surface area contributed by atoms with Crippen LogP contribution >= 0.6 is 0 Å². The number of rotatable bonds is 1. The summed E-state index contributed by atoms with van der Waals surface area (Å²) in [5.74, 6) is -2.68. The van der Waals surface area contributed by atoms with Crippen LogP contribution in [-0.2, 0) is 25.5 Å². The molecule has 7 heteroatoms. The van der Waals surface area contributed by atoms with Crippen LogP contribution in [-0.4, -0.2) is 43.4 Å². The molecule has 0 aliphatic carbocycles. The van der Waals surface area contributed by atoms with Crippen LogP contribution < -0.4 is 9.80 Å². The molecule has 156 valence electrons. The summed E-state index contributed by atoms with van der Waals surface area (Å²) in [4.78, 5) is 30.9. The second-order valence-electron chi connectivity index (χ2n) is 8.59. The highest BCUT2D eigenvalue weighted by Crippen LogP contribution is 2.48. The summed E-state index contributed by atoms with van der Waals surface area (Å²) in [5.41, 5.74) is 1.36. The van der Waals surface area contributed by atoms with Gasteiger partial charge in [-0.1, -0.05) is 18.2 Å². The summed E-state index contributed by atoms with van der Waals surface area (Å²) < 4.78 is 24.6. The minimum atomic E-state index is -1.44. The molecule has 3 aliphatic rings. The Bertz CT molecular complexity index is 1000. The monoisotopic (exact) mass is 410 g/mol. The summed E-state index contributed by atoms with van der Waals surface area (Å²) in [5, 5.41) is 0. The van der Waals surface area contributed by atoms with Crippen molar-refractivity contribution in [3.8, 4) is 0 Å². The molecule has 0 amide bonds. The van der Waals surface area contributed by atoms with Gasteiger partial charge in [0.1, 0.15) is 5.82 Å². The molecule has 0 radical (unpaired) electrons. The Morgan fingerprint density at radius 3 is 2.33 bits per heavy atom. The van der Waals surface area contributed by atoms with Crippen LogP contribution in [0.15, 0.2) is 48.5 Å². The highest BCUT2D eigenvalue weighted by Gasteiger charge is 2.64. The number of hydrogen-bond donors (Lipinski definition) is 0. The lowest BCUT2D eigenvalue weighted by atomic mass is 9.69. The molecule has 1 spiro atoms. The molecule has 5 rings (SSSR count). The van der Waals surface area contributed by atoms with Gasteiger partial charge in [-0.25, -0.2) is 4.39 Å². The standard InChI is InChI=1S/C23H23FN2O4/c1-22(2)29-20(27)23(21(28)30-22)13-15-5-3-4-6-18(15)26-12-11-25(14-19(23)26)17-9-7-16(24)8-10-17/h3-10,19H,11-14H2,1-2H3. The Balaban J connectivity index is 1.59. The molecule has 2 aromatic rings. The smallest absolute Gasteiger partial charge is 0.329 e. The first-order chi connectivity index (χ1) is 14.3. The average molecular weight is 410 g/mol. The third-order valence-corrected chi connectivity index (χ3v) is 6.32. The van der Waals surface area contributed by atoms with Crippen molar-refractivity contribution in [1.82, 2.24) is 0 Å². The average Bonchev–Trinajstić information content (AvgIpc) is 2.71. The Labute approximate surface area is 174 Å². The zero-order valence-corrected chi connectivity index (χ0v) is 16.9. The van der Waals surface area contributed by atoms with E-state index in [1.807, 2.05) is 24.3 Å². The van der Waals surface area contributed by atoms with Gasteiger partial charge in [-0.3, -0.25) is 9.59 Å². The van der Waals surface area contributed by atoms with E-state index in [4.69, 9.17) is 9.47 Å². The zero-order chi connectivity index (χ0) is 21.1. The number of fused-ring (bicyclic) bond motifs is 4. The Hall–Kier alpha value is -3.09. The maximum Gasteiger partial charge on any atom is 0.329 e. The molecule has 3 aliphatic heterocycles. The van der Waals surface area contributed by atoms with Crippen LogP contribution in [0.25, 0.3) is 0 Å². The highest BCUT2D eigenvalue weighted by atomic mass is 19.1. The molecule has 0 bridgehead atoms. The Morgan fingerprint density at radius 2 is 1.63 bits per heavy atom. The molecule has 0 saturated carbocycles.